The third-order valence-corrected chi connectivity index (χ3v) is 14.8. The van der Waals surface area contributed by atoms with Crippen LogP contribution in [0.3, 0.4) is 0 Å². The number of phenolic OH excluding ortho intramolecular Hbond substituents is 1. The first-order chi connectivity index (χ1) is 27.8. The summed E-state index contributed by atoms with van der Waals surface area (Å²) in [5.74, 6) is -5.14. The minimum absolute atomic E-state index is 0.0183. The van der Waals surface area contributed by atoms with Gasteiger partial charge < -0.3 is 5.11 Å². The van der Waals surface area contributed by atoms with Crippen molar-refractivity contribution >= 4 is 84.7 Å². The SMILES string of the molecule is CC(=O)c1ccc(N2C(=O)C3CC=C4C(CC5C(=O)N(c6cc(-c7sc8ccc(Cl)cc8c7C)nn6C)C(=O)C5(C)C4c4c(O)ccc5ccccc45)C3C2=O)cc1. The number of fused-ring (bicyclic) bond motifs is 6. The van der Waals surface area contributed by atoms with E-state index in [0.29, 0.717) is 33.3 Å². The first-order valence-corrected chi connectivity index (χ1v) is 20.5. The summed E-state index contributed by atoms with van der Waals surface area (Å²) in [6.07, 6.45) is 2.39. The molecule has 2 aliphatic heterocycles. The van der Waals surface area contributed by atoms with E-state index in [1.807, 2.05) is 68.5 Å². The second-order valence-electron chi connectivity index (χ2n) is 16.2. The van der Waals surface area contributed by atoms with E-state index in [1.54, 1.807) is 59.5 Å². The zero-order valence-corrected chi connectivity index (χ0v) is 33.6. The second kappa shape index (κ2) is 12.8. The molecule has 1 N–H and O–H groups in total. The molecule has 2 aliphatic carbocycles. The minimum Gasteiger partial charge on any atom is -0.508 e. The molecule has 4 heterocycles. The van der Waals surface area contributed by atoms with Gasteiger partial charge in [0.1, 0.15) is 17.3 Å². The standard InChI is InChI=1S/C46H37ClN4O6S/c1-22-31-19-26(47)12-18-36(31)58-41(22)34-21-37(49(4)48-34)51-43(55)33-20-32-29(40(46(33,3)45(51)57)39-28-8-6-5-7-25(28)11-17-35(39)53)15-16-30-38(32)44(56)50(42(30)54)27-13-9-24(10-14-27)23(2)52/h5-15,17-19,21,30,32-33,38,40,53H,16,20H2,1-4H3. The number of hydrogen-bond acceptors (Lipinski definition) is 8. The quantitative estimate of drug-likeness (QED) is 0.105. The third kappa shape index (κ3) is 4.95. The number of rotatable bonds is 5. The van der Waals surface area contributed by atoms with Gasteiger partial charge in [-0.2, -0.15) is 5.10 Å². The number of thiophene rings is 1. The van der Waals surface area contributed by atoms with Crippen molar-refractivity contribution in [2.75, 3.05) is 9.80 Å². The number of nitrogens with zero attached hydrogens (tertiary/aromatic N) is 4. The van der Waals surface area contributed by atoms with Gasteiger partial charge in [-0.3, -0.25) is 33.6 Å². The van der Waals surface area contributed by atoms with E-state index >= 15 is 9.59 Å². The van der Waals surface area contributed by atoms with E-state index in [2.05, 4.69) is 0 Å². The Hall–Kier alpha value is -5.91. The maximum Gasteiger partial charge on any atom is 0.242 e. The molecule has 290 valence electrons. The van der Waals surface area contributed by atoms with Gasteiger partial charge in [-0.25, -0.2) is 4.90 Å². The molecule has 6 atom stereocenters. The molecule has 1 saturated carbocycles. The van der Waals surface area contributed by atoms with Crippen LogP contribution in [0, 0.1) is 36.0 Å². The fraction of sp³-hybridized carbons (Fsp3) is 0.261. The van der Waals surface area contributed by atoms with E-state index in [4.69, 9.17) is 16.7 Å². The van der Waals surface area contributed by atoms with E-state index in [-0.39, 0.29) is 36.2 Å². The maximum atomic E-state index is 15.4. The number of amides is 4. The van der Waals surface area contributed by atoms with Crippen LogP contribution in [0.25, 0.3) is 31.4 Å². The Morgan fingerprint density at radius 3 is 2.41 bits per heavy atom. The van der Waals surface area contributed by atoms with Gasteiger partial charge in [0.25, 0.3) is 0 Å². The smallest absolute Gasteiger partial charge is 0.242 e. The van der Waals surface area contributed by atoms with Crippen LogP contribution in [0.5, 0.6) is 5.75 Å². The van der Waals surface area contributed by atoms with E-state index in [9.17, 15) is 19.5 Å². The molecule has 6 aromatic rings. The van der Waals surface area contributed by atoms with Gasteiger partial charge >= 0.3 is 0 Å². The average Bonchev–Trinajstić information content (AvgIpc) is 3.88. The number of aromatic hydroxyl groups is 1. The molecule has 10 rings (SSSR count). The number of imide groups is 2. The van der Waals surface area contributed by atoms with Gasteiger partial charge in [0, 0.05) is 39.9 Å². The van der Waals surface area contributed by atoms with Crippen molar-refractivity contribution in [3.05, 3.63) is 118 Å². The van der Waals surface area contributed by atoms with Crippen LogP contribution in [0.1, 0.15) is 54.1 Å². The van der Waals surface area contributed by atoms with Gasteiger partial charge in [0.2, 0.25) is 23.6 Å². The molecular weight excluding hydrogens is 772 g/mol. The number of halogens is 1. The van der Waals surface area contributed by atoms with Crippen molar-refractivity contribution in [2.24, 2.45) is 36.1 Å². The highest BCUT2D eigenvalue weighted by Crippen LogP contribution is 2.65. The van der Waals surface area contributed by atoms with Crippen molar-refractivity contribution < 1.29 is 29.1 Å². The summed E-state index contributed by atoms with van der Waals surface area (Å²) in [5.41, 5.74) is 2.35. The van der Waals surface area contributed by atoms with Crippen LogP contribution < -0.4 is 9.80 Å². The van der Waals surface area contributed by atoms with E-state index in [1.165, 1.54) is 16.7 Å². The van der Waals surface area contributed by atoms with Gasteiger partial charge in [0.05, 0.1) is 33.7 Å². The predicted molar refractivity (Wildman–Crippen MR) is 223 cm³/mol. The summed E-state index contributed by atoms with van der Waals surface area (Å²) < 4.78 is 2.60. The Morgan fingerprint density at radius 2 is 1.66 bits per heavy atom. The third-order valence-electron chi connectivity index (χ3n) is 13.3. The van der Waals surface area contributed by atoms with Gasteiger partial charge in [-0.1, -0.05) is 53.6 Å². The Kier molecular flexibility index (Phi) is 8.04. The Balaban J connectivity index is 1.11. The molecule has 4 aliphatic rings. The van der Waals surface area contributed by atoms with E-state index in [0.717, 1.165) is 36.9 Å². The number of anilines is 2. The number of aryl methyl sites for hydroxylation is 2. The molecule has 2 aromatic heterocycles. The van der Waals surface area contributed by atoms with E-state index < -0.39 is 46.8 Å². The van der Waals surface area contributed by atoms with Crippen LogP contribution in [-0.4, -0.2) is 44.3 Å². The Labute approximate surface area is 342 Å². The lowest BCUT2D eigenvalue weighted by atomic mass is 9.51. The zero-order chi connectivity index (χ0) is 40.5. The van der Waals surface area contributed by atoms with Crippen molar-refractivity contribution in [3.63, 3.8) is 0 Å². The van der Waals surface area contributed by atoms with Gasteiger partial charge in [0.15, 0.2) is 5.78 Å². The molecular formula is C46H37ClN4O6S. The van der Waals surface area contributed by atoms with Crippen molar-refractivity contribution in [3.8, 4) is 16.3 Å². The summed E-state index contributed by atoms with van der Waals surface area (Å²) in [5, 5.41) is 19.9. The number of Topliss-reactive ketones (excluding diaryl/α,β-unsaturated/α-hetero) is 1. The molecule has 10 nitrogen and oxygen atoms in total. The van der Waals surface area contributed by atoms with Crippen molar-refractivity contribution in [1.82, 2.24) is 9.78 Å². The van der Waals surface area contributed by atoms with Crippen LogP contribution in [0.2, 0.25) is 5.02 Å². The molecule has 12 heteroatoms. The first-order valence-electron chi connectivity index (χ1n) is 19.3. The molecule has 0 radical (unpaired) electrons. The summed E-state index contributed by atoms with van der Waals surface area (Å²) in [6, 6.07) is 25.0. The van der Waals surface area contributed by atoms with Crippen LogP contribution in [0.4, 0.5) is 11.5 Å². The van der Waals surface area contributed by atoms with Gasteiger partial charge in [-0.15, -0.1) is 11.3 Å². The Morgan fingerprint density at radius 1 is 0.897 bits per heavy atom. The largest absolute Gasteiger partial charge is 0.508 e. The van der Waals surface area contributed by atoms with Crippen molar-refractivity contribution in [2.45, 2.75) is 39.5 Å². The lowest BCUT2D eigenvalue weighted by molar-refractivity contribution is -0.131. The fourth-order valence-electron chi connectivity index (χ4n) is 10.4. The Bertz CT molecular complexity index is 2880. The predicted octanol–water partition coefficient (Wildman–Crippen LogP) is 8.76. The molecule has 3 fully saturated rings. The van der Waals surface area contributed by atoms with Gasteiger partial charge in [-0.05, 0) is 110 Å². The maximum absolute atomic E-state index is 15.4. The number of carbonyl (C=O) groups is 5. The van der Waals surface area contributed by atoms with Crippen LogP contribution in [-0.2, 0) is 26.2 Å². The molecule has 4 aromatic carbocycles. The topological polar surface area (TPSA) is 130 Å². The second-order valence-corrected chi connectivity index (χ2v) is 17.7. The lowest BCUT2D eigenvalue weighted by Gasteiger charge is -2.49. The fourth-order valence-corrected chi connectivity index (χ4v) is 11.8. The molecule has 58 heavy (non-hydrogen) atoms. The molecule has 0 bridgehead atoms. The van der Waals surface area contributed by atoms with Crippen molar-refractivity contribution in [1.29, 1.82) is 0 Å². The first kappa shape index (κ1) is 36.4. The number of aromatic nitrogens is 2. The number of hydrogen-bond donors (Lipinski definition) is 1. The number of allylic oxidation sites excluding steroid dienone is 2. The molecule has 0 spiro atoms. The summed E-state index contributed by atoms with van der Waals surface area (Å²) in [6.45, 7) is 5.27. The monoisotopic (exact) mass is 808 g/mol. The summed E-state index contributed by atoms with van der Waals surface area (Å²) in [4.78, 5) is 74.6. The molecule has 6 unspecified atom stereocenters. The minimum atomic E-state index is -1.38. The highest BCUT2D eigenvalue weighted by molar-refractivity contribution is 7.22. The zero-order valence-electron chi connectivity index (χ0n) is 32.0. The summed E-state index contributed by atoms with van der Waals surface area (Å²) in [7, 11) is 1.71. The normalized spacial score (nSPS) is 25.4. The highest BCUT2D eigenvalue weighted by Gasteiger charge is 2.68. The number of ketones is 1. The summed E-state index contributed by atoms with van der Waals surface area (Å²) >= 11 is 7.90. The lowest BCUT2D eigenvalue weighted by Crippen LogP contribution is -2.49. The number of phenols is 1. The highest BCUT2D eigenvalue weighted by atomic mass is 35.5. The molecule has 4 amide bonds. The molecule has 2 saturated heterocycles. The van der Waals surface area contributed by atoms with Crippen LogP contribution in [0.15, 0.2) is 96.6 Å². The number of benzene rings is 4. The number of carbonyl (C=O) groups excluding carboxylic acids is 5. The van der Waals surface area contributed by atoms with Crippen LogP contribution >= 0.6 is 22.9 Å². The average molecular weight is 809 g/mol.